The molecule has 2 fully saturated rings. The fourth-order valence-electron chi connectivity index (χ4n) is 6.14. The van der Waals surface area contributed by atoms with Crippen LogP contribution in [-0.4, -0.2) is 44.4 Å². The lowest BCUT2D eigenvalue weighted by atomic mass is 9.60. The van der Waals surface area contributed by atoms with E-state index in [4.69, 9.17) is 9.47 Å². The summed E-state index contributed by atoms with van der Waals surface area (Å²) in [6.45, 7) is 18.1. The summed E-state index contributed by atoms with van der Waals surface area (Å²) in [5.74, 6) is 2.44. The van der Waals surface area contributed by atoms with Crippen molar-refractivity contribution in [3.05, 3.63) is 17.7 Å². The number of ether oxygens (including phenoxy) is 2. The summed E-state index contributed by atoms with van der Waals surface area (Å²) in [6.07, 6.45) is 5.03. The smallest absolute Gasteiger partial charge is 0.231 e. The molecule has 0 N–H and O–H groups in total. The molecule has 0 amide bonds. The molecule has 3 aliphatic rings. The van der Waals surface area contributed by atoms with Crippen LogP contribution in [0.5, 0.6) is 11.5 Å². The number of fused-ring (bicyclic) bond motifs is 1. The molecule has 1 saturated heterocycles. The van der Waals surface area contributed by atoms with Crippen LogP contribution in [0.2, 0.25) is 0 Å². The molecule has 5 heteroatoms. The predicted molar refractivity (Wildman–Crippen MR) is 123 cm³/mol. The van der Waals surface area contributed by atoms with Gasteiger partial charge >= 0.3 is 0 Å². The Hall–Kier alpha value is -1.13. The van der Waals surface area contributed by atoms with Crippen molar-refractivity contribution in [3.8, 4) is 11.5 Å². The van der Waals surface area contributed by atoms with Gasteiger partial charge in [-0.1, -0.05) is 34.6 Å². The van der Waals surface area contributed by atoms with E-state index in [9.17, 15) is 0 Å². The highest BCUT2D eigenvalue weighted by atomic mass is 35.5. The number of anilines is 1. The molecule has 1 aromatic carbocycles. The highest BCUT2D eigenvalue weighted by Gasteiger charge is 2.40. The normalized spacial score (nSPS) is 23.7. The highest BCUT2D eigenvalue weighted by Crippen LogP contribution is 2.54. The Morgan fingerprint density at radius 2 is 1.52 bits per heavy atom. The molecule has 0 bridgehead atoms. The number of halogens is 1. The van der Waals surface area contributed by atoms with Crippen LogP contribution in [0.3, 0.4) is 0 Å². The van der Waals surface area contributed by atoms with Crippen LogP contribution in [0.4, 0.5) is 5.69 Å². The standard InChI is InChI=1S/C24H38N2O2.ClH/c1-6-7-25-8-10-26(11-9-25)20-13-22-21(27-17-28-22)12-19(20)18-14-23(2,3)16-24(4,5)15-18;/h12-13,18H,6-11,14-17H2,1-5H3;1H. The molecule has 1 aromatic rings. The zero-order valence-electron chi connectivity index (χ0n) is 18.9. The first-order chi connectivity index (χ1) is 13.3. The van der Waals surface area contributed by atoms with Crippen LogP contribution in [0.25, 0.3) is 0 Å². The summed E-state index contributed by atoms with van der Waals surface area (Å²) < 4.78 is 11.5. The van der Waals surface area contributed by atoms with E-state index >= 15 is 0 Å². The van der Waals surface area contributed by atoms with Crippen molar-refractivity contribution < 1.29 is 9.47 Å². The Labute approximate surface area is 183 Å². The van der Waals surface area contributed by atoms with E-state index in [2.05, 4.69) is 56.6 Å². The Morgan fingerprint density at radius 1 is 0.931 bits per heavy atom. The summed E-state index contributed by atoms with van der Waals surface area (Å²) in [6, 6.07) is 4.57. The molecule has 2 heterocycles. The number of benzene rings is 1. The fourth-order valence-corrected chi connectivity index (χ4v) is 6.14. The van der Waals surface area contributed by atoms with Gasteiger partial charge in [0.05, 0.1) is 0 Å². The maximum atomic E-state index is 5.78. The van der Waals surface area contributed by atoms with Crippen molar-refractivity contribution in [1.29, 1.82) is 0 Å². The minimum absolute atomic E-state index is 0. The second-order valence-electron chi connectivity index (χ2n) is 10.7. The van der Waals surface area contributed by atoms with Gasteiger partial charge in [-0.3, -0.25) is 4.90 Å². The second-order valence-corrected chi connectivity index (χ2v) is 10.7. The minimum atomic E-state index is 0. The lowest BCUT2D eigenvalue weighted by Crippen LogP contribution is -2.47. The maximum absolute atomic E-state index is 5.78. The molecule has 1 saturated carbocycles. The molecule has 0 radical (unpaired) electrons. The van der Waals surface area contributed by atoms with Crippen LogP contribution in [0.1, 0.15) is 71.8 Å². The van der Waals surface area contributed by atoms with Gasteiger partial charge in [-0.15, -0.1) is 12.4 Å². The van der Waals surface area contributed by atoms with Gasteiger partial charge in [-0.05, 0) is 60.6 Å². The third-order valence-corrected chi connectivity index (χ3v) is 6.77. The predicted octanol–water partition coefficient (Wildman–Crippen LogP) is 5.69. The monoisotopic (exact) mass is 422 g/mol. The largest absolute Gasteiger partial charge is 0.454 e. The summed E-state index contributed by atoms with van der Waals surface area (Å²) in [5.41, 5.74) is 3.62. The summed E-state index contributed by atoms with van der Waals surface area (Å²) >= 11 is 0. The first-order valence-electron chi connectivity index (χ1n) is 11.2. The quantitative estimate of drug-likeness (QED) is 0.622. The van der Waals surface area contributed by atoms with Gasteiger partial charge in [0.25, 0.3) is 0 Å². The van der Waals surface area contributed by atoms with Crippen LogP contribution in [0.15, 0.2) is 12.1 Å². The first kappa shape index (κ1) is 22.6. The lowest BCUT2D eigenvalue weighted by molar-refractivity contribution is 0.0969. The summed E-state index contributed by atoms with van der Waals surface area (Å²) in [4.78, 5) is 5.19. The van der Waals surface area contributed by atoms with Crippen molar-refractivity contribution in [2.75, 3.05) is 44.4 Å². The molecular weight excluding hydrogens is 384 g/mol. The van der Waals surface area contributed by atoms with E-state index in [0.29, 0.717) is 23.5 Å². The van der Waals surface area contributed by atoms with Crippen molar-refractivity contribution >= 4 is 18.1 Å². The van der Waals surface area contributed by atoms with Gasteiger partial charge in [-0.25, -0.2) is 0 Å². The molecular formula is C24H39ClN2O2. The average molecular weight is 423 g/mol. The molecule has 0 aromatic heterocycles. The number of rotatable bonds is 4. The van der Waals surface area contributed by atoms with E-state index in [1.807, 2.05) is 0 Å². The fraction of sp³-hybridized carbons (Fsp3) is 0.750. The van der Waals surface area contributed by atoms with E-state index in [1.54, 1.807) is 0 Å². The molecule has 4 nitrogen and oxygen atoms in total. The SMILES string of the molecule is CCCN1CCN(c2cc3c(cc2C2CC(C)(C)CC(C)(C)C2)OCO3)CC1.Cl. The van der Waals surface area contributed by atoms with Gasteiger partial charge in [0.1, 0.15) is 0 Å². The van der Waals surface area contributed by atoms with E-state index in [-0.39, 0.29) is 12.4 Å². The molecule has 29 heavy (non-hydrogen) atoms. The zero-order valence-corrected chi connectivity index (χ0v) is 19.7. The minimum Gasteiger partial charge on any atom is -0.454 e. The van der Waals surface area contributed by atoms with Crippen LogP contribution in [-0.2, 0) is 0 Å². The second kappa shape index (κ2) is 8.55. The van der Waals surface area contributed by atoms with Gasteiger partial charge in [0, 0.05) is 37.9 Å². The van der Waals surface area contributed by atoms with E-state index < -0.39 is 0 Å². The number of nitrogens with zero attached hydrogens (tertiary/aromatic N) is 2. The van der Waals surface area contributed by atoms with Crippen LogP contribution >= 0.6 is 12.4 Å². The molecule has 4 rings (SSSR count). The number of hydrogen-bond donors (Lipinski definition) is 0. The van der Waals surface area contributed by atoms with Crippen LogP contribution < -0.4 is 14.4 Å². The first-order valence-corrected chi connectivity index (χ1v) is 11.2. The third-order valence-electron chi connectivity index (χ3n) is 6.77. The van der Waals surface area contributed by atoms with Gasteiger partial charge in [0.2, 0.25) is 6.79 Å². The molecule has 0 unspecified atom stereocenters. The van der Waals surface area contributed by atoms with Crippen molar-refractivity contribution in [3.63, 3.8) is 0 Å². The Bertz CT molecular complexity index is 695. The van der Waals surface area contributed by atoms with E-state index in [1.165, 1.54) is 43.5 Å². The van der Waals surface area contributed by atoms with E-state index in [0.717, 1.165) is 37.7 Å². The van der Waals surface area contributed by atoms with Crippen molar-refractivity contribution in [1.82, 2.24) is 4.90 Å². The van der Waals surface area contributed by atoms with Gasteiger partial charge in [0.15, 0.2) is 11.5 Å². The van der Waals surface area contributed by atoms with Gasteiger partial charge < -0.3 is 14.4 Å². The molecule has 164 valence electrons. The Kier molecular flexibility index (Phi) is 6.65. The topological polar surface area (TPSA) is 24.9 Å². The third kappa shape index (κ3) is 4.96. The summed E-state index contributed by atoms with van der Waals surface area (Å²) in [7, 11) is 0. The molecule has 0 atom stereocenters. The van der Waals surface area contributed by atoms with Crippen LogP contribution in [0, 0.1) is 10.8 Å². The maximum Gasteiger partial charge on any atom is 0.231 e. The number of hydrogen-bond acceptors (Lipinski definition) is 4. The van der Waals surface area contributed by atoms with Gasteiger partial charge in [-0.2, -0.15) is 0 Å². The Balaban J connectivity index is 0.00000240. The van der Waals surface area contributed by atoms with Crippen molar-refractivity contribution in [2.45, 2.75) is 66.2 Å². The highest BCUT2D eigenvalue weighted by molar-refractivity contribution is 5.85. The average Bonchev–Trinajstić information content (AvgIpc) is 3.06. The molecule has 2 aliphatic heterocycles. The van der Waals surface area contributed by atoms with Crippen molar-refractivity contribution in [2.24, 2.45) is 10.8 Å². The molecule has 1 aliphatic carbocycles. The Morgan fingerprint density at radius 3 is 2.10 bits per heavy atom. The lowest BCUT2D eigenvalue weighted by Gasteiger charge is -2.46. The number of piperazine rings is 1. The zero-order chi connectivity index (χ0) is 19.9. The summed E-state index contributed by atoms with van der Waals surface area (Å²) in [5, 5.41) is 0. The molecule has 0 spiro atoms.